The Kier molecular flexibility index (Phi) is 4.76. The van der Waals surface area contributed by atoms with Crippen LogP contribution in [-0.2, 0) is 6.61 Å². The summed E-state index contributed by atoms with van der Waals surface area (Å²) in [5, 5.41) is 10.5. The van der Waals surface area contributed by atoms with Gasteiger partial charge in [0.25, 0.3) is 0 Å². The van der Waals surface area contributed by atoms with E-state index >= 15 is 0 Å². The first-order chi connectivity index (χ1) is 11.6. The molecule has 0 spiro atoms. The summed E-state index contributed by atoms with van der Waals surface area (Å²) in [6.07, 6.45) is 1.68. The molecule has 8 heteroatoms. The monoisotopic (exact) mass is 343 g/mol. The maximum atomic E-state index is 5.90. The molecule has 0 aliphatic heterocycles. The van der Waals surface area contributed by atoms with Crippen molar-refractivity contribution in [2.24, 2.45) is 5.10 Å². The Morgan fingerprint density at radius 2 is 2.21 bits per heavy atom. The second-order valence-electron chi connectivity index (χ2n) is 5.08. The van der Waals surface area contributed by atoms with Crippen LogP contribution in [0.3, 0.4) is 0 Å². The first-order valence-electron chi connectivity index (χ1n) is 7.27. The minimum atomic E-state index is 0.391. The van der Waals surface area contributed by atoms with Gasteiger partial charge in [-0.05, 0) is 26.0 Å². The van der Waals surface area contributed by atoms with Crippen molar-refractivity contribution in [3.8, 4) is 5.75 Å². The number of nitrogen functional groups attached to an aromatic ring is 1. The lowest BCUT2D eigenvalue weighted by Crippen LogP contribution is -2.00. The standard InChI is InChI=1S/C16H17N5O2S/c1-10-13(11(2)23-21-10)8-22-14-6-4-3-5-12(14)7-18-20-16-19-15(17)9-24-16/h3-7,9H,8,17H2,1-2H3,(H,19,20). The summed E-state index contributed by atoms with van der Waals surface area (Å²) in [5.74, 6) is 1.96. The van der Waals surface area contributed by atoms with Gasteiger partial charge >= 0.3 is 0 Å². The van der Waals surface area contributed by atoms with Crippen LogP contribution in [0.1, 0.15) is 22.6 Å². The zero-order valence-corrected chi connectivity index (χ0v) is 14.1. The largest absolute Gasteiger partial charge is 0.488 e. The molecule has 1 aromatic carbocycles. The molecule has 0 saturated carbocycles. The average molecular weight is 343 g/mol. The van der Waals surface area contributed by atoms with E-state index in [4.69, 9.17) is 15.0 Å². The number of aryl methyl sites for hydroxylation is 2. The maximum absolute atomic E-state index is 5.90. The van der Waals surface area contributed by atoms with Crippen LogP contribution in [0.25, 0.3) is 0 Å². The predicted molar refractivity (Wildman–Crippen MR) is 94.5 cm³/mol. The van der Waals surface area contributed by atoms with E-state index in [-0.39, 0.29) is 0 Å². The van der Waals surface area contributed by atoms with Crippen LogP contribution < -0.4 is 15.9 Å². The van der Waals surface area contributed by atoms with Gasteiger partial charge in [0.2, 0.25) is 5.13 Å². The van der Waals surface area contributed by atoms with Crippen LogP contribution in [0.15, 0.2) is 39.3 Å². The van der Waals surface area contributed by atoms with E-state index in [9.17, 15) is 0 Å². The Bertz CT molecular complexity index is 836. The zero-order valence-electron chi connectivity index (χ0n) is 13.3. The van der Waals surface area contributed by atoms with Crippen LogP contribution in [0.2, 0.25) is 0 Å². The number of para-hydroxylation sites is 1. The molecule has 0 aliphatic carbocycles. The third kappa shape index (κ3) is 3.72. The molecule has 24 heavy (non-hydrogen) atoms. The fraction of sp³-hybridized carbons (Fsp3) is 0.188. The Morgan fingerprint density at radius 1 is 1.38 bits per heavy atom. The number of rotatable bonds is 6. The normalized spacial score (nSPS) is 11.1. The van der Waals surface area contributed by atoms with Crippen molar-refractivity contribution in [1.82, 2.24) is 10.1 Å². The van der Waals surface area contributed by atoms with Crippen molar-refractivity contribution in [3.05, 3.63) is 52.2 Å². The van der Waals surface area contributed by atoms with Crippen molar-refractivity contribution in [2.45, 2.75) is 20.5 Å². The fourth-order valence-electron chi connectivity index (χ4n) is 2.07. The van der Waals surface area contributed by atoms with Crippen molar-refractivity contribution in [1.29, 1.82) is 0 Å². The summed E-state index contributed by atoms with van der Waals surface area (Å²) in [7, 11) is 0. The molecule has 2 heterocycles. The van der Waals surface area contributed by atoms with Crippen LogP contribution in [0.5, 0.6) is 5.75 Å². The molecule has 0 fully saturated rings. The highest BCUT2D eigenvalue weighted by Crippen LogP contribution is 2.21. The molecule has 0 radical (unpaired) electrons. The van der Waals surface area contributed by atoms with E-state index in [1.165, 1.54) is 11.3 Å². The van der Waals surface area contributed by atoms with Crippen LogP contribution in [0, 0.1) is 13.8 Å². The van der Waals surface area contributed by atoms with Crippen molar-refractivity contribution < 1.29 is 9.26 Å². The molecule has 124 valence electrons. The van der Waals surface area contributed by atoms with Crippen molar-refractivity contribution in [3.63, 3.8) is 0 Å². The molecular weight excluding hydrogens is 326 g/mol. The second-order valence-corrected chi connectivity index (χ2v) is 5.93. The number of thiazole rings is 1. The number of ether oxygens (including phenoxy) is 1. The molecule has 0 bridgehead atoms. The van der Waals surface area contributed by atoms with Crippen molar-refractivity contribution >= 4 is 28.5 Å². The lowest BCUT2D eigenvalue weighted by Gasteiger charge is -2.08. The highest BCUT2D eigenvalue weighted by atomic mass is 32.1. The molecule has 0 atom stereocenters. The second kappa shape index (κ2) is 7.14. The van der Waals surface area contributed by atoms with Gasteiger partial charge in [-0.3, -0.25) is 5.43 Å². The first-order valence-corrected chi connectivity index (χ1v) is 8.15. The van der Waals surface area contributed by atoms with Gasteiger partial charge in [0.15, 0.2) is 0 Å². The number of hydrazone groups is 1. The fourth-order valence-corrected chi connectivity index (χ4v) is 2.62. The maximum Gasteiger partial charge on any atom is 0.205 e. The van der Waals surface area contributed by atoms with E-state index in [1.54, 1.807) is 11.6 Å². The number of nitrogens with two attached hydrogens (primary N) is 1. The van der Waals surface area contributed by atoms with Gasteiger partial charge in [0, 0.05) is 10.9 Å². The van der Waals surface area contributed by atoms with Gasteiger partial charge in [0.1, 0.15) is 23.9 Å². The molecule has 0 unspecified atom stereocenters. The average Bonchev–Trinajstić information content (AvgIpc) is 3.13. The minimum absolute atomic E-state index is 0.391. The van der Waals surface area contributed by atoms with E-state index < -0.39 is 0 Å². The Labute approximate surface area is 143 Å². The third-order valence-corrected chi connectivity index (χ3v) is 4.12. The summed E-state index contributed by atoms with van der Waals surface area (Å²) < 4.78 is 11.0. The SMILES string of the molecule is Cc1noc(C)c1COc1ccccc1C=NNc1nc(N)cs1. The molecule has 0 aliphatic rings. The van der Waals surface area contributed by atoms with E-state index in [0.29, 0.717) is 17.6 Å². The van der Waals surface area contributed by atoms with Gasteiger partial charge in [0.05, 0.1) is 17.5 Å². The smallest absolute Gasteiger partial charge is 0.205 e. The van der Waals surface area contributed by atoms with E-state index in [2.05, 4.69) is 20.7 Å². The Hall–Kier alpha value is -2.87. The first kappa shape index (κ1) is 16.0. The molecule has 3 rings (SSSR count). The molecule has 0 saturated heterocycles. The molecule has 0 amide bonds. The number of hydrogen-bond donors (Lipinski definition) is 2. The number of aromatic nitrogens is 2. The predicted octanol–water partition coefficient (Wildman–Crippen LogP) is 3.36. The van der Waals surface area contributed by atoms with Crippen molar-refractivity contribution in [2.75, 3.05) is 11.2 Å². The lowest BCUT2D eigenvalue weighted by molar-refractivity contribution is 0.301. The minimum Gasteiger partial charge on any atom is -0.488 e. The Morgan fingerprint density at radius 3 is 2.92 bits per heavy atom. The van der Waals surface area contributed by atoms with Gasteiger partial charge in [-0.2, -0.15) is 5.10 Å². The quantitative estimate of drug-likeness (QED) is 0.526. The summed E-state index contributed by atoms with van der Waals surface area (Å²) in [4.78, 5) is 4.08. The van der Waals surface area contributed by atoms with E-state index in [0.717, 1.165) is 28.3 Å². The number of anilines is 2. The molecule has 3 aromatic rings. The summed E-state index contributed by atoms with van der Waals surface area (Å²) >= 11 is 1.39. The number of nitrogens with zero attached hydrogens (tertiary/aromatic N) is 3. The van der Waals surface area contributed by atoms with Crippen LogP contribution in [0.4, 0.5) is 10.9 Å². The van der Waals surface area contributed by atoms with Gasteiger partial charge in [-0.15, -0.1) is 11.3 Å². The molecule has 2 aromatic heterocycles. The highest BCUT2D eigenvalue weighted by molar-refractivity contribution is 7.14. The molecule has 3 N–H and O–H groups in total. The highest BCUT2D eigenvalue weighted by Gasteiger charge is 2.10. The van der Waals surface area contributed by atoms with Crippen LogP contribution in [-0.4, -0.2) is 16.4 Å². The number of nitrogens with one attached hydrogen (secondary N) is 1. The summed E-state index contributed by atoms with van der Waals surface area (Å²) in [5.41, 5.74) is 11.1. The number of benzene rings is 1. The van der Waals surface area contributed by atoms with Gasteiger partial charge < -0.3 is 15.0 Å². The van der Waals surface area contributed by atoms with Crippen LogP contribution >= 0.6 is 11.3 Å². The zero-order chi connectivity index (χ0) is 16.9. The topological polar surface area (TPSA) is 98.6 Å². The molecule has 7 nitrogen and oxygen atoms in total. The summed E-state index contributed by atoms with van der Waals surface area (Å²) in [6, 6.07) is 7.64. The number of hydrogen-bond acceptors (Lipinski definition) is 8. The van der Waals surface area contributed by atoms with E-state index in [1.807, 2.05) is 38.1 Å². The van der Waals surface area contributed by atoms with Gasteiger partial charge in [-0.1, -0.05) is 17.3 Å². The third-order valence-electron chi connectivity index (χ3n) is 3.36. The summed E-state index contributed by atoms with van der Waals surface area (Å²) in [6.45, 7) is 4.16. The Balaban J connectivity index is 1.68. The van der Waals surface area contributed by atoms with Gasteiger partial charge in [-0.25, -0.2) is 4.98 Å². The lowest BCUT2D eigenvalue weighted by atomic mass is 10.2. The molecular formula is C16H17N5O2S.